The van der Waals surface area contributed by atoms with Crippen LogP contribution in [0.2, 0.25) is 0 Å². The maximum atomic E-state index is 6.00. The molecule has 2 N–H and O–H groups in total. The van der Waals surface area contributed by atoms with Gasteiger partial charge in [0.05, 0.1) is 17.6 Å². The molecule has 0 spiro atoms. The summed E-state index contributed by atoms with van der Waals surface area (Å²) < 4.78 is 2.07. The molecule has 1 aromatic carbocycles. The van der Waals surface area contributed by atoms with Gasteiger partial charge in [-0.3, -0.25) is 0 Å². The molecule has 0 amide bonds. The van der Waals surface area contributed by atoms with E-state index in [1.807, 2.05) is 29.5 Å². The number of fused-ring (bicyclic) bond motifs is 1. The number of imidazole rings is 1. The molecule has 0 saturated carbocycles. The first-order valence-electron chi connectivity index (χ1n) is 6.06. The summed E-state index contributed by atoms with van der Waals surface area (Å²) in [6.07, 6.45) is 1.09. The number of nitrogens with zero attached hydrogens (tertiary/aromatic N) is 2. The fourth-order valence-electron chi connectivity index (χ4n) is 2.11. The third-order valence-electron chi connectivity index (χ3n) is 3.06. The molecule has 92 valence electrons. The maximum absolute atomic E-state index is 6.00. The monoisotopic (exact) mass is 257 g/mol. The molecule has 0 aliphatic heterocycles. The van der Waals surface area contributed by atoms with Crippen LogP contribution in [-0.4, -0.2) is 9.55 Å². The number of aromatic nitrogens is 2. The predicted octanol–water partition coefficient (Wildman–Crippen LogP) is 3.29. The lowest BCUT2D eigenvalue weighted by Crippen LogP contribution is -2.03. The van der Waals surface area contributed by atoms with E-state index in [1.54, 1.807) is 0 Å². The average molecular weight is 257 g/mol. The van der Waals surface area contributed by atoms with Gasteiger partial charge in [0.15, 0.2) is 0 Å². The van der Waals surface area contributed by atoms with Crippen molar-refractivity contribution in [2.45, 2.75) is 19.9 Å². The Labute approximate surface area is 110 Å². The smallest absolute Gasteiger partial charge is 0.201 e. The van der Waals surface area contributed by atoms with Gasteiger partial charge in [0, 0.05) is 9.75 Å². The highest BCUT2D eigenvalue weighted by Crippen LogP contribution is 2.23. The molecule has 0 atom stereocenters. The number of anilines is 1. The van der Waals surface area contributed by atoms with Crippen LogP contribution < -0.4 is 5.73 Å². The van der Waals surface area contributed by atoms with Gasteiger partial charge in [-0.15, -0.1) is 11.3 Å². The van der Waals surface area contributed by atoms with Crippen LogP contribution in [0.15, 0.2) is 36.4 Å². The molecule has 2 heterocycles. The first-order chi connectivity index (χ1) is 8.78. The number of nitrogen functional groups attached to an aromatic ring is 1. The molecule has 0 saturated heterocycles. The molecule has 4 heteroatoms. The van der Waals surface area contributed by atoms with Gasteiger partial charge < -0.3 is 10.3 Å². The Morgan fingerprint density at radius 1 is 1.17 bits per heavy atom. The number of benzene rings is 1. The van der Waals surface area contributed by atoms with Crippen molar-refractivity contribution in [3.63, 3.8) is 0 Å². The van der Waals surface area contributed by atoms with Crippen molar-refractivity contribution in [1.29, 1.82) is 0 Å². The molecule has 3 rings (SSSR count). The van der Waals surface area contributed by atoms with E-state index in [2.05, 4.69) is 34.7 Å². The molecule has 18 heavy (non-hydrogen) atoms. The molecule has 0 radical (unpaired) electrons. The van der Waals surface area contributed by atoms with Crippen LogP contribution in [0.1, 0.15) is 16.7 Å². The van der Waals surface area contributed by atoms with Crippen molar-refractivity contribution in [2.24, 2.45) is 0 Å². The van der Waals surface area contributed by atoms with Crippen LogP contribution in [0.3, 0.4) is 0 Å². The fourth-order valence-corrected chi connectivity index (χ4v) is 3.06. The Hall–Kier alpha value is -1.81. The van der Waals surface area contributed by atoms with Crippen LogP contribution in [0.4, 0.5) is 5.95 Å². The number of hydrogen-bond acceptors (Lipinski definition) is 3. The third kappa shape index (κ3) is 1.88. The molecule has 0 aliphatic carbocycles. The summed E-state index contributed by atoms with van der Waals surface area (Å²) in [6.45, 7) is 2.98. The van der Waals surface area contributed by atoms with E-state index in [9.17, 15) is 0 Å². The van der Waals surface area contributed by atoms with Crippen LogP contribution in [0.25, 0.3) is 11.0 Å². The van der Waals surface area contributed by atoms with Gasteiger partial charge in [-0.25, -0.2) is 4.98 Å². The maximum Gasteiger partial charge on any atom is 0.201 e. The van der Waals surface area contributed by atoms with Crippen LogP contribution in [0, 0.1) is 0 Å². The standard InChI is InChI=1S/C14H15N3S/c1-2-10-7-8-11(18-10)9-17-13-6-4-3-5-12(13)16-14(17)15/h3-8H,2,9H2,1H3,(H2,15,16). The predicted molar refractivity (Wildman–Crippen MR) is 76.9 cm³/mol. The molecule has 3 nitrogen and oxygen atoms in total. The van der Waals surface area contributed by atoms with E-state index in [4.69, 9.17) is 5.73 Å². The molecule has 0 aliphatic rings. The highest BCUT2D eigenvalue weighted by Gasteiger charge is 2.08. The van der Waals surface area contributed by atoms with Gasteiger partial charge in [0.1, 0.15) is 0 Å². The van der Waals surface area contributed by atoms with Crippen LogP contribution >= 0.6 is 11.3 Å². The zero-order chi connectivity index (χ0) is 12.5. The second-order valence-electron chi connectivity index (χ2n) is 4.27. The first kappa shape index (κ1) is 11.3. The van der Waals surface area contributed by atoms with E-state index < -0.39 is 0 Å². The normalized spacial score (nSPS) is 11.2. The minimum Gasteiger partial charge on any atom is -0.369 e. The van der Waals surface area contributed by atoms with Crippen molar-refractivity contribution < 1.29 is 0 Å². The van der Waals surface area contributed by atoms with Crippen molar-refractivity contribution in [2.75, 3.05) is 5.73 Å². The number of aryl methyl sites for hydroxylation is 1. The Kier molecular flexibility index (Phi) is 2.80. The number of hydrogen-bond donors (Lipinski definition) is 1. The van der Waals surface area contributed by atoms with E-state index in [0.717, 1.165) is 24.0 Å². The van der Waals surface area contributed by atoms with Crippen molar-refractivity contribution in [3.8, 4) is 0 Å². The summed E-state index contributed by atoms with van der Waals surface area (Å²) in [7, 11) is 0. The Morgan fingerprint density at radius 3 is 2.72 bits per heavy atom. The van der Waals surface area contributed by atoms with E-state index in [0.29, 0.717) is 5.95 Å². The van der Waals surface area contributed by atoms with Crippen LogP contribution in [0.5, 0.6) is 0 Å². The van der Waals surface area contributed by atoms with E-state index in [1.165, 1.54) is 9.75 Å². The number of para-hydroxylation sites is 2. The Bertz CT molecular complexity index is 681. The minimum absolute atomic E-state index is 0.586. The van der Waals surface area contributed by atoms with Crippen molar-refractivity contribution in [3.05, 3.63) is 46.2 Å². The molecule has 0 fully saturated rings. The molecule has 0 unspecified atom stereocenters. The van der Waals surface area contributed by atoms with Crippen molar-refractivity contribution in [1.82, 2.24) is 9.55 Å². The quantitative estimate of drug-likeness (QED) is 0.782. The van der Waals surface area contributed by atoms with Gasteiger partial charge in [-0.05, 0) is 30.7 Å². The van der Waals surface area contributed by atoms with Gasteiger partial charge >= 0.3 is 0 Å². The topological polar surface area (TPSA) is 43.8 Å². The molecular weight excluding hydrogens is 242 g/mol. The Morgan fingerprint density at radius 2 is 1.94 bits per heavy atom. The highest BCUT2D eigenvalue weighted by molar-refractivity contribution is 7.11. The molecule has 2 aromatic heterocycles. The number of thiophene rings is 1. The lowest BCUT2D eigenvalue weighted by atomic mass is 10.3. The summed E-state index contributed by atoms with van der Waals surface area (Å²) >= 11 is 1.84. The number of nitrogens with two attached hydrogens (primary N) is 1. The molecule has 3 aromatic rings. The van der Waals surface area contributed by atoms with E-state index in [-0.39, 0.29) is 0 Å². The van der Waals surface area contributed by atoms with Gasteiger partial charge in [0.25, 0.3) is 0 Å². The number of rotatable bonds is 3. The fraction of sp³-hybridized carbons (Fsp3) is 0.214. The lowest BCUT2D eigenvalue weighted by Gasteiger charge is -2.04. The third-order valence-corrected chi connectivity index (χ3v) is 4.28. The molecular formula is C14H15N3S. The van der Waals surface area contributed by atoms with Gasteiger partial charge in [-0.1, -0.05) is 19.1 Å². The summed E-state index contributed by atoms with van der Waals surface area (Å²) in [5.74, 6) is 0.586. The Balaban J connectivity index is 2.01. The summed E-state index contributed by atoms with van der Waals surface area (Å²) in [6, 6.07) is 12.4. The summed E-state index contributed by atoms with van der Waals surface area (Å²) in [5, 5.41) is 0. The average Bonchev–Trinajstić information content (AvgIpc) is 2.96. The zero-order valence-electron chi connectivity index (χ0n) is 10.3. The highest BCUT2D eigenvalue weighted by atomic mass is 32.1. The first-order valence-corrected chi connectivity index (χ1v) is 6.88. The van der Waals surface area contributed by atoms with Crippen molar-refractivity contribution >= 4 is 28.3 Å². The minimum atomic E-state index is 0.586. The second-order valence-corrected chi connectivity index (χ2v) is 5.52. The summed E-state index contributed by atoms with van der Waals surface area (Å²) in [5.41, 5.74) is 8.06. The largest absolute Gasteiger partial charge is 0.369 e. The van der Waals surface area contributed by atoms with Crippen LogP contribution in [-0.2, 0) is 13.0 Å². The molecule has 0 bridgehead atoms. The van der Waals surface area contributed by atoms with Gasteiger partial charge in [-0.2, -0.15) is 0 Å². The SMILES string of the molecule is CCc1ccc(Cn2c(N)nc3ccccc32)s1. The van der Waals surface area contributed by atoms with E-state index >= 15 is 0 Å². The summed E-state index contributed by atoms with van der Waals surface area (Å²) in [4.78, 5) is 7.11. The second kappa shape index (κ2) is 4.46. The van der Waals surface area contributed by atoms with Gasteiger partial charge in [0.2, 0.25) is 5.95 Å². The lowest BCUT2D eigenvalue weighted by molar-refractivity contribution is 0.853. The zero-order valence-corrected chi connectivity index (χ0v) is 11.1.